The van der Waals surface area contributed by atoms with Crippen molar-refractivity contribution in [2.75, 3.05) is 13.1 Å². The number of H-pyrrole nitrogens is 1. The van der Waals surface area contributed by atoms with Crippen LogP contribution in [-0.2, 0) is 10.0 Å². The van der Waals surface area contributed by atoms with Crippen LogP contribution in [0, 0.1) is 11.7 Å². The van der Waals surface area contributed by atoms with Crippen LogP contribution in [0.5, 0.6) is 0 Å². The van der Waals surface area contributed by atoms with E-state index in [1.807, 2.05) is 38.1 Å². The molecule has 0 aliphatic rings. The number of benzene rings is 2. The van der Waals surface area contributed by atoms with Gasteiger partial charge in [0.25, 0.3) is 5.91 Å². The molecule has 1 aromatic heterocycles. The maximum absolute atomic E-state index is 14.4. The number of rotatable bonds is 9. The number of sulfonamides is 1. The van der Waals surface area contributed by atoms with Gasteiger partial charge in [0.15, 0.2) is 0 Å². The topological polar surface area (TPSA) is 95.2 Å². The molecular weight excluding hydrogens is 431 g/mol. The zero-order valence-electron chi connectivity index (χ0n) is 18.7. The highest BCUT2D eigenvalue weighted by molar-refractivity contribution is 7.89. The molecule has 2 N–H and O–H groups in total. The molecule has 172 valence electrons. The fourth-order valence-corrected chi connectivity index (χ4v) is 5.15. The van der Waals surface area contributed by atoms with E-state index in [1.165, 1.54) is 6.07 Å². The fourth-order valence-electron chi connectivity index (χ4n) is 3.61. The van der Waals surface area contributed by atoms with Crippen LogP contribution in [0.2, 0.25) is 0 Å². The molecular formula is C23H29FN4O3S. The van der Waals surface area contributed by atoms with Crippen LogP contribution in [0.25, 0.3) is 11.0 Å². The number of carbonyl (C=O) groups excluding carboxylic acids is 1. The number of para-hydroxylation sites is 2. The second-order valence-corrected chi connectivity index (χ2v) is 9.62. The first-order chi connectivity index (χ1) is 15.2. The van der Waals surface area contributed by atoms with E-state index in [9.17, 15) is 17.6 Å². The van der Waals surface area contributed by atoms with Crippen molar-refractivity contribution < 1.29 is 17.6 Å². The Labute approximate surface area is 188 Å². The smallest absolute Gasteiger partial charge is 0.251 e. The number of aromatic nitrogens is 2. The largest absolute Gasteiger partial charge is 0.342 e. The summed E-state index contributed by atoms with van der Waals surface area (Å²) in [5.74, 6) is -0.707. The van der Waals surface area contributed by atoms with Crippen molar-refractivity contribution in [2.24, 2.45) is 5.92 Å². The molecule has 1 amide bonds. The minimum Gasteiger partial charge on any atom is -0.342 e. The second-order valence-electron chi connectivity index (χ2n) is 7.71. The fraction of sp³-hybridized carbons (Fsp3) is 0.391. The number of halogens is 1. The molecule has 3 aromatic rings. The van der Waals surface area contributed by atoms with Crippen LogP contribution in [0.3, 0.4) is 0 Å². The van der Waals surface area contributed by atoms with E-state index in [-0.39, 0.29) is 24.6 Å². The number of aromatic amines is 1. The molecule has 0 saturated carbocycles. The van der Waals surface area contributed by atoms with E-state index >= 15 is 0 Å². The molecule has 0 aliphatic carbocycles. The number of imidazole rings is 1. The maximum atomic E-state index is 14.4. The van der Waals surface area contributed by atoms with Crippen molar-refractivity contribution in [3.8, 4) is 0 Å². The van der Waals surface area contributed by atoms with Gasteiger partial charge in [0, 0.05) is 18.7 Å². The van der Waals surface area contributed by atoms with Crippen LogP contribution in [-0.4, -0.2) is 41.7 Å². The van der Waals surface area contributed by atoms with E-state index in [0.717, 1.165) is 33.9 Å². The molecule has 0 spiro atoms. The van der Waals surface area contributed by atoms with Gasteiger partial charge in [-0.25, -0.2) is 17.8 Å². The first-order valence-corrected chi connectivity index (χ1v) is 12.2. The van der Waals surface area contributed by atoms with Gasteiger partial charge in [0.1, 0.15) is 16.5 Å². The highest BCUT2D eigenvalue weighted by Gasteiger charge is 2.28. The minimum atomic E-state index is -4.05. The van der Waals surface area contributed by atoms with E-state index in [0.29, 0.717) is 5.82 Å². The third-order valence-electron chi connectivity index (χ3n) is 5.72. The number of hydrogen-bond acceptors (Lipinski definition) is 4. The van der Waals surface area contributed by atoms with E-state index in [2.05, 4.69) is 15.3 Å². The monoisotopic (exact) mass is 460 g/mol. The average molecular weight is 461 g/mol. The summed E-state index contributed by atoms with van der Waals surface area (Å²) in [4.78, 5) is 20.4. The summed E-state index contributed by atoms with van der Waals surface area (Å²) in [6.45, 7) is 7.78. The van der Waals surface area contributed by atoms with E-state index in [1.54, 1.807) is 13.8 Å². The van der Waals surface area contributed by atoms with Crippen LogP contribution in [0.15, 0.2) is 47.4 Å². The summed E-state index contributed by atoms with van der Waals surface area (Å²) in [7, 11) is -4.05. The lowest BCUT2D eigenvalue weighted by molar-refractivity contribution is 0.0920. The Kier molecular flexibility index (Phi) is 7.30. The van der Waals surface area contributed by atoms with Gasteiger partial charge in [-0.3, -0.25) is 4.79 Å². The van der Waals surface area contributed by atoms with Crippen LogP contribution >= 0.6 is 0 Å². The normalized spacial score (nSPS) is 13.9. The zero-order chi connectivity index (χ0) is 23.5. The van der Waals surface area contributed by atoms with Gasteiger partial charge in [-0.05, 0) is 36.2 Å². The molecule has 0 saturated heterocycles. The number of amides is 1. The third-order valence-corrected chi connectivity index (χ3v) is 7.78. The van der Waals surface area contributed by atoms with Crippen molar-refractivity contribution in [2.45, 2.75) is 45.1 Å². The Hall–Kier alpha value is -2.78. The molecule has 0 aliphatic heterocycles. The number of fused-ring (bicyclic) bond motifs is 1. The quantitative estimate of drug-likeness (QED) is 0.499. The van der Waals surface area contributed by atoms with Crippen molar-refractivity contribution in [3.05, 3.63) is 59.7 Å². The summed E-state index contributed by atoms with van der Waals surface area (Å²) in [5, 5.41) is 2.95. The summed E-state index contributed by atoms with van der Waals surface area (Å²) in [5.41, 5.74) is 1.72. The van der Waals surface area contributed by atoms with Gasteiger partial charge < -0.3 is 10.3 Å². The van der Waals surface area contributed by atoms with Crippen LogP contribution in [0.1, 0.15) is 56.3 Å². The Morgan fingerprint density at radius 3 is 2.47 bits per heavy atom. The molecule has 2 aromatic carbocycles. The number of carbonyl (C=O) groups is 1. The summed E-state index contributed by atoms with van der Waals surface area (Å²) in [6.07, 6.45) is 0.785. The lowest BCUT2D eigenvalue weighted by Gasteiger charge is -2.23. The van der Waals surface area contributed by atoms with Gasteiger partial charge in [-0.2, -0.15) is 4.31 Å². The second kappa shape index (κ2) is 9.79. The van der Waals surface area contributed by atoms with Crippen LogP contribution < -0.4 is 5.32 Å². The Morgan fingerprint density at radius 2 is 1.84 bits per heavy atom. The van der Waals surface area contributed by atoms with E-state index < -0.39 is 32.7 Å². The zero-order valence-corrected chi connectivity index (χ0v) is 19.5. The number of nitrogens with one attached hydrogen (secondary N) is 2. The first-order valence-electron chi connectivity index (χ1n) is 10.8. The predicted molar refractivity (Wildman–Crippen MR) is 122 cm³/mol. The average Bonchev–Trinajstić information content (AvgIpc) is 3.21. The maximum Gasteiger partial charge on any atom is 0.251 e. The van der Waals surface area contributed by atoms with Gasteiger partial charge in [0.05, 0.1) is 17.1 Å². The van der Waals surface area contributed by atoms with Crippen LogP contribution in [0.4, 0.5) is 4.39 Å². The Bertz CT molecular complexity index is 1170. The van der Waals surface area contributed by atoms with Crippen molar-refractivity contribution in [1.29, 1.82) is 0 Å². The van der Waals surface area contributed by atoms with Crippen molar-refractivity contribution in [1.82, 2.24) is 19.6 Å². The third kappa shape index (κ3) is 4.68. The molecule has 9 heteroatoms. The minimum absolute atomic E-state index is 0.0545. The van der Waals surface area contributed by atoms with Crippen molar-refractivity contribution in [3.63, 3.8) is 0 Å². The molecule has 2 unspecified atom stereocenters. The number of hydrogen-bond donors (Lipinski definition) is 2. The van der Waals surface area contributed by atoms with Gasteiger partial charge in [-0.15, -0.1) is 0 Å². The Balaban J connectivity index is 1.95. The molecule has 0 bridgehead atoms. The lowest BCUT2D eigenvalue weighted by Crippen LogP contribution is -2.34. The molecule has 7 nitrogen and oxygen atoms in total. The van der Waals surface area contributed by atoms with E-state index in [4.69, 9.17) is 0 Å². The highest BCUT2D eigenvalue weighted by Crippen LogP contribution is 2.26. The SMILES string of the molecule is CCC(C)C(NC(=O)c1ccc(F)c(S(=O)(=O)N(CC)CC)c1)c1nc2ccccc2[nH]1. The highest BCUT2D eigenvalue weighted by atomic mass is 32.2. The summed E-state index contributed by atoms with van der Waals surface area (Å²) >= 11 is 0. The molecule has 2 atom stereocenters. The molecule has 0 radical (unpaired) electrons. The first kappa shape index (κ1) is 23.9. The summed E-state index contributed by atoms with van der Waals surface area (Å²) in [6, 6.07) is 10.6. The standard InChI is InChI=1S/C23H29FN4O3S/c1-5-15(4)21(22-25-18-10-8-9-11-19(18)26-22)27-23(29)16-12-13-17(24)20(14-16)32(30,31)28(6-2)7-3/h8-15,21H,5-7H2,1-4H3,(H,25,26)(H,27,29). The molecule has 0 fully saturated rings. The van der Waals surface area contributed by atoms with Gasteiger partial charge in [-0.1, -0.05) is 46.2 Å². The Morgan fingerprint density at radius 1 is 1.16 bits per heavy atom. The predicted octanol–water partition coefficient (Wildman–Crippen LogP) is 4.25. The van der Waals surface area contributed by atoms with Crippen molar-refractivity contribution >= 4 is 27.0 Å². The van der Waals surface area contributed by atoms with Gasteiger partial charge in [0.2, 0.25) is 10.0 Å². The number of nitrogens with zero attached hydrogens (tertiary/aromatic N) is 2. The lowest BCUT2D eigenvalue weighted by atomic mass is 9.98. The molecule has 32 heavy (non-hydrogen) atoms. The molecule has 3 rings (SSSR count). The summed E-state index contributed by atoms with van der Waals surface area (Å²) < 4.78 is 41.2. The van der Waals surface area contributed by atoms with Gasteiger partial charge >= 0.3 is 0 Å². The molecule has 1 heterocycles.